The molecule has 0 aromatic heterocycles. The van der Waals surface area contributed by atoms with Crippen molar-refractivity contribution in [2.75, 3.05) is 0 Å². The number of hydrogen-bond donors (Lipinski definition) is 0. The molecule has 2 rings (SSSR count). The third kappa shape index (κ3) is 3.36. The van der Waals surface area contributed by atoms with Crippen LogP contribution in [0.5, 0.6) is 0 Å². The SMILES string of the molecule is Cc1ccc(N=Nc2c(C#N)cc([N+](=O)[O-])cc2C#N)c(C)c1. The Balaban J connectivity index is 2.55. The molecule has 0 N–H and O–H groups in total. The quantitative estimate of drug-likeness (QED) is 0.475. The Morgan fingerprint density at radius 1 is 1.04 bits per heavy atom. The molecular formula is C16H11N5O2. The number of nitro benzene ring substituents is 1. The molecular weight excluding hydrogens is 294 g/mol. The molecule has 0 aliphatic rings. The lowest BCUT2D eigenvalue weighted by Gasteiger charge is -2.02. The smallest absolute Gasteiger partial charge is 0.258 e. The van der Waals surface area contributed by atoms with E-state index in [0.29, 0.717) is 5.69 Å². The van der Waals surface area contributed by atoms with Gasteiger partial charge in [0, 0.05) is 12.1 Å². The van der Waals surface area contributed by atoms with E-state index in [1.807, 2.05) is 38.1 Å². The average molecular weight is 305 g/mol. The maximum absolute atomic E-state index is 10.8. The normalized spacial score (nSPS) is 10.3. The van der Waals surface area contributed by atoms with Gasteiger partial charge in [-0.1, -0.05) is 17.7 Å². The molecule has 0 aliphatic heterocycles. The van der Waals surface area contributed by atoms with Crippen molar-refractivity contribution in [3.63, 3.8) is 0 Å². The highest BCUT2D eigenvalue weighted by Gasteiger charge is 2.16. The van der Waals surface area contributed by atoms with Crippen LogP contribution in [0.2, 0.25) is 0 Å². The fraction of sp³-hybridized carbons (Fsp3) is 0.125. The van der Waals surface area contributed by atoms with E-state index in [0.717, 1.165) is 23.3 Å². The van der Waals surface area contributed by atoms with Crippen LogP contribution in [0.3, 0.4) is 0 Å². The van der Waals surface area contributed by atoms with Gasteiger partial charge in [0.15, 0.2) is 0 Å². The number of benzene rings is 2. The summed E-state index contributed by atoms with van der Waals surface area (Å²) in [5, 5.41) is 37.2. The van der Waals surface area contributed by atoms with Crippen molar-refractivity contribution < 1.29 is 4.92 Å². The first kappa shape index (κ1) is 15.8. The molecule has 0 atom stereocenters. The van der Waals surface area contributed by atoms with Crippen LogP contribution in [0, 0.1) is 46.6 Å². The van der Waals surface area contributed by atoms with Crippen LogP contribution in [0.25, 0.3) is 0 Å². The van der Waals surface area contributed by atoms with E-state index in [9.17, 15) is 10.1 Å². The molecule has 0 saturated heterocycles. The molecule has 2 aromatic carbocycles. The molecule has 0 unspecified atom stereocenters. The summed E-state index contributed by atoms with van der Waals surface area (Å²) < 4.78 is 0. The van der Waals surface area contributed by atoms with Crippen LogP contribution in [0.1, 0.15) is 22.3 Å². The van der Waals surface area contributed by atoms with Gasteiger partial charge < -0.3 is 0 Å². The van der Waals surface area contributed by atoms with Crippen LogP contribution in [0.4, 0.5) is 17.1 Å². The van der Waals surface area contributed by atoms with E-state index in [-0.39, 0.29) is 22.5 Å². The molecule has 0 aliphatic carbocycles. The van der Waals surface area contributed by atoms with E-state index in [1.165, 1.54) is 0 Å². The summed E-state index contributed by atoms with van der Waals surface area (Å²) in [4.78, 5) is 10.2. The van der Waals surface area contributed by atoms with Crippen molar-refractivity contribution in [2.24, 2.45) is 10.2 Å². The fourth-order valence-electron chi connectivity index (χ4n) is 2.02. The zero-order chi connectivity index (χ0) is 17.0. The molecule has 0 amide bonds. The molecule has 112 valence electrons. The minimum Gasteiger partial charge on any atom is -0.258 e. The number of hydrogen-bond acceptors (Lipinski definition) is 6. The average Bonchev–Trinajstić information content (AvgIpc) is 2.53. The van der Waals surface area contributed by atoms with Crippen molar-refractivity contribution >= 4 is 17.1 Å². The summed E-state index contributed by atoms with van der Waals surface area (Å²) in [6.45, 7) is 3.82. The molecule has 0 radical (unpaired) electrons. The van der Waals surface area contributed by atoms with Crippen molar-refractivity contribution in [2.45, 2.75) is 13.8 Å². The minimum atomic E-state index is -0.660. The summed E-state index contributed by atoms with van der Waals surface area (Å²) in [7, 11) is 0. The van der Waals surface area contributed by atoms with Gasteiger partial charge in [0.05, 0.1) is 21.7 Å². The van der Waals surface area contributed by atoms with Gasteiger partial charge in [-0.05, 0) is 25.5 Å². The molecule has 23 heavy (non-hydrogen) atoms. The lowest BCUT2D eigenvalue weighted by Crippen LogP contribution is -1.91. The Morgan fingerprint density at radius 3 is 2.13 bits per heavy atom. The summed E-state index contributed by atoms with van der Waals surface area (Å²) in [5.74, 6) is 0. The third-order valence-electron chi connectivity index (χ3n) is 3.16. The second-order valence-corrected chi connectivity index (χ2v) is 4.86. The highest BCUT2D eigenvalue weighted by Crippen LogP contribution is 2.31. The van der Waals surface area contributed by atoms with Crippen LogP contribution < -0.4 is 0 Å². The lowest BCUT2D eigenvalue weighted by molar-refractivity contribution is -0.384. The summed E-state index contributed by atoms with van der Waals surface area (Å²) >= 11 is 0. The summed E-state index contributed by atoms with van der Waals surface area (Å²) in [6, 6.07) is 11.4. The molecule has 7 nitrogen and oxygen atoms in total. The largest absolute Gasteiger partial charge is 0.272 e. The number of aryl methyl sites for hydroxylation is 2. The van der Waals surface area contributed by atoms with Gasteiger partial charge in [-0.15, -0.1) is 5.11 Å². The van der Waals surface area contributed by atoms with E-state index >= 15 is 0 Å². The summed E-state index contributed by atoms with van der Waals surface area (Å²) in [5.41, 5.74) is 2.14. The van der Waals surface area contributed by atoms with Gasteiger partial charge in [-0.3, -0.25) is 10.1 Å². The van der Waals surface area contributed by atoms with Crippen LogP contribution in [-0.4, -0.2) is 4.92 Å². The minimum absolute atomic E-state index is 0.0283. The Hall–Kier alpha value is -3.58. The Labute approximate surface area is 132 Å². The van der Waals surface area contributed by atoms with Gasteiger partial charge in [0.25, 0.3) is 5.69 Å². The topological polar surface area (TPSA) is 115 Å². The molecule has 7 heteroatoms. The van der Waals surface area contributed by atoms with Crippen LogP contribution in [-0.2, 0) is 0 Å². The lowest BCUT2D eigenvalue weighted by atomic mass is 10.1. The number of azo groups is 1. The number of non-ortho nitro benzene ring substituents is 1. The maximum Gasteiger partial charge on any atom is 0.272 e. The van der Waals surface area contributed by atoms with Crippen LogP contribution in [0.15, 0.2) is 40.6 Å². The van der Waals surface area contributed by atoms with Crippen molar-refractivity contribution in [3.8, 4) is 12.1 Å². The van der Waals surface area contributed by atoms with Crippen molar-refractivity contribution in [1.29, 1.82) is 10.5 Å². The van der Waals surface area contributed by atoms with Gasteiger partial charge in [-0.25, -0.2) is 0 Å². The maximum atomic E-state index is 10.8. The van der Waals surface area contributed by atoms with Crippen molar-refractivity contribution in [1.82, 2.24) is 0 Å². The van der Waals surface area contributed by atoms with Gasteiger partial charge in [0.1, 0.15) is 17.8 Å². The Kier molecular flexibility index (Phi) is 4.44. The van der Waals surface area contributed by atoms with Crippen LogP contribution >= 0.6 is 0 Å². The predicted molar refractivity (Wildman–Crippen MR) is 82.6 cm³/mol. The van der Waals surface area contributed by atoms with E-state index < -0.39 is 4.92 Å². The molecule has 0 saturated carbocycles. The van der Waals surface area contributed by atoms with E-state index in [2.05, 4.69) is 10.2 Å². The zero-order valence-electron chi connectivity index (χ0n) is 12.4. The second kappa shape index (κ2) is 6.46. The third-order valence-corrected chi connectivity index (χ3v) is 3.16. The zero-order valence-corrected chi connectivity index (χ0v) is 12.4. The first-order valence-electron chi connectivity index (χ1n) is 6.58. The standard InChI is InChI=1S/C16H11N5O2/c1-10-3-4-15(11(2)5-10)19-20-16-12(8-17)6-14(21(22)23)7-13(16)9-18/h3-7H,1-2H3. The second-order valence-electron chi connectivity index (χ2n) is 4.86. The highest BCUT2D eigenvalue weighted by atomic mass is 16.6. The fourth-order valence-corrected chi connectivity index (χ4v) is 2.02. The molecule has 0 spiro atoms. The number of nitro groups is 1. The first-order chi connectivity index (χ1) is 11.0. The van der Waals surface area contributed by atoms with Crippen molar-refractivity contribution in [3.05, 3.63) is 62.7 Å². The monoisotopic (exact) mass is 305 g/mol. The Morgan fingerprint density at radius 2 is 1.65 bits per heavy atom. The van der Waals surface area contributed by atoms with Gasteiger partial charge in [-0.2, -0.15) is 15.6 Å². The highest BCUT2D eigenvalue weighted by molar-refractivity contribution is 5.67. The van der Waals surface area contributed by atoms with Gasteiger partial charge in [0.2, 0.25) is 0 Å². The molecule has 2 aromatic rings. The van der Waals surface area contributed by atoms with E-state index in [4.69, 9.17) is 10.5 Å². The number of rotatable bonds is 3. The summed E-state index contributed by atoms with van der Waals surface area (Å²) in [6.07, 6.45) is 0. The Bertz CT molecular complexity index is 869. The molecule has 0 heterocycles. The molecule has 0 fully saturated rings. The first-order valence-corrected chi connectivity index (χ1v) is 6.58. The number of nitriles is 2. The predicted octanol–water partition coefficient (Wildman–Crippen LogP) is 4.37. The van der Waals surface area contributed by atoms with E-state index in [1.54, 1.807) is 6.07 Å². The number of nitrogens with zero attached hydrogens (tertiary/aromatic N) is 5. The molecule has 0 bridgehead atoms. The van der Waals surface area contributed by atoms with Gasteiger partial charge >= 0.3 is 0 Å².